The molecule has 0 radical (unpaired) electrons. The highest BCUT2D eigenvalue weighted by Gasteiger charge is 2.32. The Hall–Kier alpha value is -3.06. The van der Waals surface area contributed by atoms with Crippen molar-refractivity contribution in [1.29, 1.82) is 0 Å². The van der Waals surface area contributed by atoms with Gasteiger partial charge in [-0.1, -0.05) is 49.7 Å². The second kappa shape index (κ2) is 13.3. The van der Waals surface area contributed by atoms with Crippen LogP contribution in [0.5, 0.6) is 0 Å². The number of hydrogen-bond acceptors (Lipinski definition) is 4. The molecule has 1 atom stereocenters. The zero-order valence-corrected chi connectivity index (χ0v) is 25.7. The third kappa shape index (κ3) is 8.25. The average molecular weight is 582 g/mol. The third-order valence-electron chi connectivity index (χ3n) is 8.13. The smallest absolute Gasteiger partial charge is 0.410 e. The summed E-state index contributed by atoms with van der Waals surface area (Å²) in [6.07, 6.45) is 3.12. The van der Waals surface area contributed by atoms with Crippen molar-refractivity contribution in [2.75, 3.05) is 26.2 Å². The molecule has 2 saturated heterocycles. The van der Waals surface area contributed by atoms with Crippen molar-refractivity contribution in [3.63, 3.8) is 0 Å². The van der Waals surface area contributed by atoms with E-state index >= 15 is 0 Å². The molecule has 2 aliphatic heterocycles. The molecule has 0 aromatic heterocycles. The Morgan fingerprint density at radius 2 is 1.41 bits per heavy atom. The van der Waals surface area contributed by atoms with Gasteiger partial charge in [0.1, 0.15) is 11.6 Å². The highest BCUT2D eigenvalue weighted by Crippen LogP contribution is 2.31. The molecule has 7 nitrogen and oxygen atoms in total. The summed E-state index contributed by atoms with van der Waals surface area (Å²) in [5, 5.41) is 3.77. The molecule has 2 aromatic rings. The predicted molar refractivity (Wildman–Crippen MR) is 162 cm³/mol. The van der Waals surface area contributed by atoms with Gasteiger partial charge in [0.25, 0.3) is 5.91 Å². The molecule has 8 heteroatoms. The number of nitrogens with zero attached hydrogens (tertiary/aromatic N) is 2. The Balaban J connectivity index is 1.33. The summed E-state index contributed by atoms with van der Waals surface area (Å²) in [6.45, 7) is 12.1. The van der Waals surface area contributed by atoms with Crippen LogP contribution in [0.3, 0.4) is 0 Å². The Morgan fingerprint density at radius 3 is 1.98 bits per heavy atom. The normalized spacial score (nSPS) is 17.8. The van der Waals surface area contributed by atoms with Crippen molar-refractivity contribution >= 4 is 29.5 Å². The molecule has 41 heavy (non-hydrogen) atoms. The lowest BCUT2D eigenvalue weighted by atomic mass is 9.88. The maximum atomic E-state index is 13.5. The Labute approximate surface area is 249 Å². The monoisotopic (exact) mass is 581 g/mol. The van der Waals surface area contributed by atoms with Crippen molar-refractivity contribution < 1.29 is 19.1 Å². The fraction of sp³-hybridized carbons (Fsp3) is 0.545. The highest BCUT2D eigenvalue weighted by atomic mass is 35.5. The molecular formula is C33H44ClN3O4. The van der Waals surface area contributed by atoms with Gasteiger partial charge in [-0.05, 0) is 99.6 Å². The van der Waals surface area contributed by atoms with E-state index in [9.17, 15) is 14.4 Å². The van der Waals surface area contributed by atoms with Gasteiger partial charge >= 0.3 is 6.09 Å². The first-order chi connectivity index (χ1) is 19.4. The minimum Gasteiger partial charge on any atom is -0.444 e. The van der Waals surface area contributed by atoms with Crippen LogP contribution in [0.4, 0.5) is 4.79 Å². The summed E-state index contributed by atoms with van der Waals surface area (Å²) < 4.78 is 5.52. The van der Waals surface area contributed by atoms with E-state index in [0.29, 0.717) is 37.7 Å². The molecule has 0 bridgehead atoms. The molecule has 222 valence electrons. The van der Waals surface area contributed by atoms with Gasteiger partial charge in [-0.3, -0.25) is 9.59 Å². The maximum Gasteiger partial charge on any atom is 0.410 e. The number of likely N-dealkylation sites (tertiary alicyclic amines) is 2. The zero-order valence-electron chi connectivity index (χ0n) is 25.0. The molecule has 2 heterocycles. The number of benzene rings is 2. The SMILES string of the molecule is CC(C)[C@@H](NC(=O)c1cccc(C2CCN(C(=O)OC(C)(C)C)CC2)c1)C(=O)N1CCC(c2ccc(Cl)cc2)CC1. The van der Waals surface area contributed by atoms with Gasteiger partial charge in [0.2, 0.25) is 5.91 Å². The molecule has 0 aliphatic carbocycles. The standard InChI is InChI=1S/C33H44ClN3O4/c1-22(2)29(31(39)36-17-13-24(14-18-36)23-9-11-28(34)12-10-23)35-30(38)27-8-6-7-26(21-27)25-15-19-37(20-16-25)32(40)41-33(3,4)5/h6-12,21-22,24-25,29H,13-20H2,1-5H3,(H,35,38)/t29-/m1/s1. The lowest BCUT2D eigenvalue weighted by Crippen LogP contribution is -2.52. The molecule has 1 N–H and O–H groups in total. The van der Waals surface area contributed by atoms with Gasteiger partial charge in [0.15, 0.2) is 0 Å². The van der Waals surface area contributed by atoms with Crippen molar-refractivity contribution in [1.82, 2.24) is 15.1 Å². The minimum absolute atomic E-state index is 0.0198. The van der Waals surface area contributed by atoms with E-state index in [1.54, 1.807) is 11.0 Å². The molecule has 2 aliphatic rings. The second-order valence-corrected chi connectivity index (χ2v) is 13.1. The number of piperidine rings is 2. The summed E-state index contributed by atoms with van der Waals surface area (Å²) >= 11 is 6.04. The van der Waals surface area contributed by atoms with Gasteiger partial charge in [0.05, 0.1) is 0 Å². The number of carbonyl (C=O) groups is 3. The summed E-state index contributed by atoms with van der Waals surface area (Å²) in [5.41, 5.74) is 2.37. The third-order valence-corrected chi connectivity index (χ3v) is 8.39. The van der Waals surface area contributed by atoms with E-state index in [-0.39, 0.29) is 29.7 Å². The molecule has 2 aromatic carbocycles. The summed E-state index contributed by atoms with van der Waals surface area (Å²) in [7, 11) is 0. The lowest BCUT2D eigenvalue weighted by molar-refractivity contribution is -0.135. The first kappa shape index (κ1) is 30.9. The van der Waals surface area contributed by atoms with E-state index < -0.39 is 11.6 Å². The van der Waals surface area contributed by atoms with Gasteiger partial charge in [-0.15, -0.1) is 0 Å². The number of rotatable bonds is 6. The van der Waals surface area contributed by atoms with Crippen LogP contribution in [0.1, 0.15) is 93.6 Å². The molecule has 2 fully saturated rings. The van der Waals surface area contributed by atoms with E-state index in [1.807, 2.05) is 69.9 Å². The number of amides is 3. The van der Waals surface area contributed by atoms with Gasteiger partial charge in [0, 0.05) is 36.8 Å². The average Bonchev–Trinajstić information content (AvgIpc) is 2.95. The fourth-order valence-electron chi connectivity index (χ4n) is 5.76. The first-order valence-electron chi connectivity index (χ1n) is 14.8. The lowest BCUT2D eigenvalue weighted by Gasteiger charge is -2.35. The molecular weight excluding hydrogens is 538 g/mol. The Morgan fingerprint density at radius 1 is 0.854 bits per heavy atom. The summed E-state index contributed by atoms with van der Waals surface area (Å²) in [4.78, 5) is 43.0. The minimum atomic E-state index is -0.588. The molecule has 4 rings (SSSR count). The largest absolute Gasteiger partial charge is 0.444 e. The van der Waals surface area contributed by atoms with Gasteiger partial charge < -0.3 is 19.9 Å². The van der Waals surface area contributed by atoms with Gasteiger partial charge in [-0.2, -0.15) is 0 Å². The molecule has 0 spiro atoms. The molecule has 0 unspecified atom stereocenters. The van der Waals surface area contributed by atoms with Crippen molar-refractivity contribution in [3.05, 3.63) is 70.2 Å². The van der Waals surface area contributed by atoms with Crippen LogP contribution in [0, 0.1) is 5.92 Å². The van der Waals surface area contributed by atoms with Crippen molar-refractivity contribution in [2.45, 2.75) is 83.8 Å². The quantitative estimate of drug-likeness (QED) is 0.416. The highest BCUT2D eigenvalue weighted by molar-refractivity contribution is 6.30. The van der Waals surface area contributed by atoms with Crippen LogP contribution < -0.4 is 5.32 Å². The van der Waals surface area contributed by atoms with Crippen LogP contribution in [-0.2, 0) is 9.53 Å². The number of ether oxygens (including phenoxy) is 1. The van der Waals surface area contributed by atoms with Crippen molar-refractivity contribution in [3.8, 4) is 0 Å². The topological polar surface area (TPSA) is 79.0 Å². The van der Waals surface area contributed by atoms with Crippen LogP contribution in [-0.4, -0.2) is 65.5 Å². The fourth-order valence-corrected chi connectivity index (χ4v) is 5.88. The predicted octanol–water partition coefficient (Wildman–Crippen LogP) is 6.62. The maximum absolute atomic E-state index is 13.5. The van der Waals surface area contributed by atoms with Gasteiger partial charge in [-0.25, -0.2) is 4.79 Å². The Bertz CT molecular complexity index is 1210. The van der Waals surface area contributed by atoms with E-state index in [2.05, 4.69) is 17.4 Å². The number of nitrogens with one attached hydrogen (secondary N) is 1. The van der Waals surface area contributed by atoms with Crippen LogP contribution >= 0.6 is 11.6 Å². The van der Waals surface area contributed by atoms with E-state index in [4.69, 9.17) is 16.3 Å². The van der Waals surface area contributed by atoms with Crippen LogP contribution in [0.15, 0.2) is 48.5 Å². The molecule has 3 amide bonds. The zero-order chi connectivity index (χ0) is 29.7. The van der Waals surface area contributed by atoms with E-state index in [0.717, 1.165) is 36.3 Å². The summed E-state index contributed by atoms with van der Waals surface area (Å²) in [5.74, 6) is 0.364. The summed E-state index contributed by atoms with van der Waals surface area (Å²) in [6, 6.07) is 15.1. The second-order valence-electron chi connectivity index (χ2n) is 12.7. The number of hydrogen-bond donors (Lipinski definition) is 1. The Kier molecular flexibility index (Phi) is 10.0. The number of carbonyl (C=O) groups excluding carboxylic acids is 3. The van der Waals surface area contributed by atoms with Crippen molar-refractivity contribution in [2.24, 2.45) is 5.92 Å². The first-order valence-corrected chi connectivity index (χ1v) is 15.2. The van der Waals surface area contributed by atoms with E-state index in [1.165, 1.54) is 5.56 Å². The van der Waals surface area contributed by atoms with Crippen LogP contribution in [0.25, 0.3) is 0 Å². The molecule has 0 saturated carbocycles. The number of halogens is 1. The van der Waals surface area contributed by atoms with Crippen LogP contribution in [0.2, 0.25) is 5.02 Å².